The fraction of sp³-hybridized carbons (Fsp3) is 0.537. The van der Waals surface area contributed by atoms with Gasteiger partial charge in [-0.25, -0.2) is 0 Å². The normalized spacial score (nSPS) is 19.2. The SMILES string of the molecule is CCCC1=C/C(=C/C=C2/C=C(C)C(=O)C(CC)=C2)C=C(CC)C1=O.CCCCCCCCC1=C/C(=C\C=C2\C=C(C)C(=O)C(CCCCCCCC)=C2)C=C(C)C1=O.CCCCCCCCC1=C/C(=C\C=C2\C=C(CC)C(=O)C(CCCCCCCC)=C2)C=C(C)C1=O.CCCCCCCCC1=C/C(=C\C=C2\C=C(CCC)C(=O)C(CCCCCCCC)=C2)C=C(C)C1=O. The van der Waals surface area contributed by atoms with Crippen LogP contribution in [0.2, 0.25) is 0 Å². The molecular weight excluding hydrogens is 1580 g/mol. The van der Waals surface area contributed by atoms with Gasteiger partial charge in [0.2, 0.25) is 0 Å². The van der Waals surface area contributed by atoms with Crippen LogP contribution < -0.4 is 0 Å². The van der Waals surface area contributed by atoms with Crippen LogP contribution in [-0.4, -0.2) is 46.3 Å². The summed E-state index contributed by atoms with van der Waals surface area (Å²) in [6.07, 6.45) is 104. The summed E-state index contributed by atoms with van der Waals surface area (Å²) in [5.74, 6) is 1.59. The highest BCUT2D eigenvalue weighted by atomic mass is 16.2. The van der Waals surface area contributed by atoms with Gasteiger partial charge in [0, 0.05) is 61.3 Å². The Morgan fingerprint density at radius 3 is 0.457 bits per heavy atom. The average molecular weight is 1750 g/mol. The van der Waals surface area contributed by atoms with E-state index in [1.807, 2.05) is 115 Å². The van der Waals surface area contributed by atoms with Crippen molar-refractivity contribution in [1.29, 1.82) is 0 Å². The number of unbranched alkanes of at least 4 members (excludes halogenated alkanes) is 30. The number of carbonyl (C=O) groups excluding carboxylic acids is 8. The van der Waals surface area contributed by atoms with Crippen LogP contribution in [0.5, 0.6) is 0 Å². The first-order valence-electron chi connectivity index (χ1n) is 51.7. The van der Waals surface area contributed by atoms with Crippen LogP contribution in [0.15, 0.2) is 280 Å². The molecule has 8 nitrogen and oxygen atoms in total. The molecule has 129 heavy (non-hydrogen) atoms. The molecule has 0 bridgehead atoms. The summed E-state index contributed by atoms with van der Waals surface area (Å²) in [6.45, 7) is 33.3. The molecule has 0 N–H and O–H groups in total. The van der Waals surface area contributed by atoms with E-state index < -0.39 is 0 Å². The molecule has 0 aromatic heterocycles. The van der Waals surface area contributed by atoms with Gasteiger partial charge in [0.15, 0.2) is 46.3 Å². The molecule has 0 saturated heterocycles. The van der Waals surface area contributed by atoms with E-state index in [1.54, 1.807) is 0 Å². The van der Waals surface area contributed by atoms with E-state index in [1.165, 1.54) is 193 Å². The van der Waals surface area contributed by atoms with Crippen molar-refractivity contribution in [3.05, 3.63) is 280 Å². The average Bonchev–Trinajstić information content (AvgIpc) is 0.845. The molecular formula is C121H170O8. The third kappa shape index (κ3) is 41.2. The molecule has 0 amide bonds. The van der Waals surface area contributed by atoms with Gasteiger partial charge in [-0.15, -0.1) is 0 Å². The second kappa shape index (κ2) is 64.8. The molecule has 0 atom stereocenters. The minimum atomic E-state index is 0.142. The highest BCUT2D eigenvalue weighted by Gasteiger charge is 2.25. The van der Waals surface area contributed by atoms with Crippen LogP contribution in [0.1, 0.15) is 425 Å². The summed E-state index contributed by atoms with van der Waals surface area (Å²) in [5, 5.41) is 0. The van der Waals surface area contributed by atoms with Gasteiger partial charge in [-0.1, -0.05) is 330 Å². The molecule has 0 aromatic rings. The molecule has 8 aliphatic rings. The summed E-state index contributed by atoms with van der Waals surface area (Å²) in [5.41, 5.74) is 22.8. The number of carbonyl (C=O) groups is 8. The van der Waals surface area contributed by atoms with Crippen molar-refractivity contribution in [2.24, 2.45) is 0 Å². The van der Waals surface area contributed by atoms with Crippen LogP contribution in [0.3, 0.4) is 0 Å². The number of rotatable bonds is 53. The van der Waals surface area contributed by atoms with Crippen LogP contribution in [0.4, 0.5) is 0 Å². The molecule has 0 aliphatic heterocycles. The van der Waals surface area contributed by atoms with E-state index in [4.69, 9.17) is 0 Å². The minimum absolute atomic E-state index is 0.142. The summed E-state index contributed by atoms with van der Waals surface area (Å²) >= 11 is 0. The molecule has 0 unspecified atom stereocenters. The van der Waals surface area contributed by atoms with E-state index in [2.05, 4.69) is 141 Å². The van der Waals surface area contributed by atoms with Crippen LogP contribution >= 0.6 is 0 Å². The van der Waals surface area contributed by atoms with E-state index in [0.29, 0.717) is 0 Å². The number of allylic oxidation sites excluding steroid dienone is 48. The molecule has 0 fully saturated rings. The molecule has 0 aromatic carbocycles. The monoisotopic (exact) mass is 1750 g/mol. The zero-order valence-electron chi connectivity index (χ0n) is 83.8. The first-order chi connectivity index (χ1) is 62.4. The van der Waals surface area contributed by atoms with E-state index in [9.17, 15) is 38.4 Å². The van der Waals surface area contributed by atoms with Crippen LogP contribution in [0.25, 0.3) is 0 Å². The van der Waals surface area contributed by atoms with Gasteiger partial charge in [-0.3, -0.25) is 38.4 Å². The second-order valence-electron chi connectivity index (χ2n) is 37.1. The van der Waals surface area contributed by atoms with Gasteiger partial charge >= 0.3 is 0 Å². The van der Waals surface area contributed by atoms with Gasteiger partial charge in [-0.2, -0.15) is 0 Å². The lowest BCUT2D eigenvalue weighted by molar-refractivity contribution is -0.113. The quantitative estimate of drug-likeness (QED) is 0.0549. The Bertz CT molecular complexity index is 4520. The molecule has 8 rings (SSSR count). The Morgan fingerprint density at radius 2 is 0.279 bits per heavy atom. The van der Waals surface area contributed by atoms with Crippen molar-refractivity contribution in [3.63, 3.8) is 0 Å². The zero-order chi connectivity index (χ0) is 94.1. The van der Waals surface area contributed by atoms with Gasteiger partial charge in [-0.05, 0) is 313 Å². The number of Topliss-reactive ketones (excluding diaryl/α,β-unsaturated/α-hetero) is 8. The molecule has 8 aliphatic carbocycles. The van der Waals surface area contributed by atoms with Crippen molar-refractivity contribution in [2.75, 3.05) is 0 Å². The van der Waals surface area contributed by atoms with Crippen molar-refractivity contribution in [1.82, 2.24) is 0 Å². The highest BCUT2D eigenvalue weighted by Crippen LogP contribution is 2.34. The van der Waals surface area contributed by atoms with Crippen molar-refractivity contribution >= 4 is 46.3 Å². The lowest BCUT2D eigenvalue weighted by Gasteiger charge is -2.16. The first-order valence-corrected chi connectivity index (χ1v) is 51.7. The molecule has 0 heterocycles. The fourth-order valence-corrected chi connectivity index (χ4v) is 17.7. The topological polar surface area (TPSA) is 137 Å². The van der Waals surface area contributed by atoms with Crippen molar-refractivity contribution < 1.29 is 38.4 Å². The summed E-state index contributed by atoms with van der Waals surface area (Å²) < 4.78 is 0. The molecule has 0 spiro atoms. The molecule has 0 saturated carbocycles. The predicted octanol–water partition coefficient (Wildman–Crippen LogP) is 34.3. The van der Waals surface area contributed by atoms with Crippen molar-refractivity contribution in [2.45, 2.75) is 425 Å². The third-order valence-electron chi connectivity index (χ3n) is 25.5. The van der Waals surface area contributed by atoms with Crippen LogP contribution in [0, 0.1) is 0 Å². The molecule has 8 heteroatoms. The lowest BCUT2D eigenvalue weighted by Crippen LogP contribution is -2.11. The molecule has 0 radical (unpaired) electrons. The Morgan fingerprint density at radius 1 is 0.147 bits per heavy atom. The second-order valence-corrected chi connectivity index (χ2v) is 37.1. The Balaban J connectivity index is 0.000000308. The maximum atomic E-state index is 13.0. The third-order valence-corrected chi connectivity index (χ3v) is 25.5. The maximum Gasteiger partial charge on any atom is 0.185 e. The maximum absolute atomic E-state index is 13.0. The number of hydrogen-bond donors (Lipinski definition) is 0. The standard InChI is InChI=1S/C34H50O2.C33H48O2.C32H46O2.C22H26O2/c1-5-8-10-12-14-16-19-31-24-28(23-27(4)33(31)35)21-22-29-25-30(18-7-3)34(36)32(26-29)20-17-15-13-11-9-6-2;1-5-8-10-12-14-16-18-30-24-27(22-26(4)32(30)34)20-21-28-23-29(7-3)33(35)31(25-28)19-17-15-13-11-9-6-2;1-5-7-9-11-13-15-17-29-23-27(21-25(3)31(29)33)19-20-28-22-26(4)32(34)30(24-28)18-16-14-12-10-8-6-2;1-5-8-20-14-17(13-19(7-3)22(20)24)10-9-16-11-15(4)21(23)18(6-2)12-16/h21-26H,5-20H2,1-4H3;20-25H,5-19H2,1-4H3;19-24H,5-18H2,1-4H3;9-14H,5-8H2,1-4H3/b28-21-,29-22-;27-20-,28-21-;27-19-,28-20-;16-9-,17-10+. The van der Waals surface area contributed by atoms with E-state index >= 15 is 0 Å². The summed E-state index contributed by atoms with van der Waals surface area (Å²) in [4.78, 5) is 101. The lowest BCUT2D eigenvalue weighted by atomic mass is 9.87. The Labute approximate surface area is 784 Å². The zero-order valence-corrected chi connectivity index (χ0v) is 83.8. The largest absolute Gasteiger partial charge is 0.289 e. The summed E-state index contributed by atoms with van der Waals surface area (Å²) in [7, 11) is 0. The summed E-state index contributed by atoms with van der Waals surface area (Å²) in [6, 6.07) is 0. The highest BCUT2D eigenvalue weighted by molar-refractivity contribution is 6.14. The number of ketones is 8. The van der Waals surface area contributed by atoms with E-state index in [-0.39, 0.29) is 46.3 Å². The van der Waals surface area contributed by atoms with Gasteiger partial charge in [0.05, 0.1) is 0 Å². The van der Waals surface area contributed by atoms with Gasteiger partial charge < -0.3 is 0 Å². The van der Waals surface area contributed by atoms with Gasteiger partial charge in [0.1, 0.15) is 0 Å². The predicted molar refractivity (Wildman–Crippen MR) is 551 cm³/mol. The first kappa shape index (κ1) is 111. The van der Waals surface area contributed by atoms with Crippen LogP contribution in [-0.2, 0) is 38.4 Å². The Hall–Kier alpha value is -8.88. The number of hydrogen-bond acceptors (Lipinski definition) is 8. The smallest absolute Gasteiger partial charge is 0.185 e. The van der Waals surface area contributed by atoms with Gasteiger partial charge in [0.25, 0.3) is 0 Å². The molecule has 702 valence electrons. The van der Waals surface area contributed by atoms with E-state index in [0.717, 1.165) is 256 Å². The Kier molecular flexibility index (Phi) is 55.6. The fourth-order valence-electron chi connectivity index (χ4n) is 17.7. The van der Waals surface area contributed by atoms with Crippen molar-refractivity contribution in [3.8, 4) is 0 Å². The minimum Gasteiger partial charge on any atom is -0.289 e.